The number of benzene rings is 1. The third-order valence-corrected chi connectivity index (χ3v) is 9.71. The number of amides is 1. The third kappa shape index (κ3) is 6.79. The lowest BCUT2D eigenvalue weighted by atomic mass is 9.96. The van der Waals surface area contributed by atoms with Gasteiger partial charge in [0.1, 0.15) is 5.69 Å². The van der Waals surface area contributed by atoms with Crippen LogP contribution in [0, 0.1) is 19.8 Å². The Morgan fingerprint density at radius 2 is 1.82 bits per heavy atom. The maximum Gasteiger partial charge on any atom is 0.248 e. The Balaban J connectivity index is 1.44. The molecular formula is C28H36N4O4S2. The van der Waals surface area contributed by atoms with Crippen LogP contribution in [-0.2, 0) is 21.4 Å². The van der Waals surface area contributed by atoms with E-state index in [2.05, 4.69) is 10.1 Å². The zero-order valence-electron chi connectivity index (χ0n) is 22.5. The van der Waals surface area contributed by atoms with Gasteiger partial charge in [0.05, 0.1) is 6.54 Å². The largest absolute Gasteiger partial charge is 0.355 e. The summed E-state index contributed by atoms with van der Waals surface area (Å²) in [4.78, 5) is 18.7. The number of hydrogen-bond acceptors (Lipinski definition) is 7. The highest BCUT2D eigenvalue weighted by molar-refractivity contribution is 7.89. The van der Waals surface area contributed by atoms with Crippen LogP contribution in [0.4, 0.5) is 0 Å². The first kappa shape index (κ1) is 28.2. The number of piperidine rings is 1. The van der Waals surface area contributed by atoms with Gasteiger partial charge < -0.3 is 14.3 Å². The summed E-state index contributed by atoms with van der Waals surface area (Å²) in [5.41, 5.74) is 2.42. The van der Waals surface area contributed by atoms with E-state index in [1.54, 1.807) is 24.3 Å². The van der Waals surface area contributed by atoms with Gasteiger partial charge >= 0.3 is 0 Å². The average Bonchev–Trinajstić information content (AvgIpc) is 3.55. The number of hydrogen-bond donors (Lipinski definition) is 0. The number of likely N-dealkylation sites (N-methyl/N-ethyl adjacent to an activating group) is 1. The van der Waals surface area contributed by atoms with E-state index in [0.29, 0.717) is 31.6 Å². The van der Waals surface area contributed by atoms with Gasteiger partial charge in [-0.15, -0.1) is 11.3 Å². The van der Waals surface area contributed by atoms with Crippen LogP contribution in [0.25, 0.3) is 12.2 Å². The number of aromatic nitrogens is 1. The van der Waals surface area contributed by atoms with E-state index in [-0.39, 0.29) is 35.6 Å². The molecule has 38 heavy (non-hydrogen) atoms. The molecule has 1 aromatic carbocycles. The Morgan fingerprint density at radius 3 is 2.45 bits per heavy atom. The lowest BCUT2D eigenvalue weighted by molar-refractivity contribution is -0.137. The molecule has 3 aromatic rings. The lowest BCUT2D eigenvalue weighted by Crippen LogP contribution is -2.45. The molecule has 10 heteroatoms. The molecule has 1 fully saturated rings. The van der Waals surface area contributed by atoms with E-state index < -0.39 is 10.0 Å². The van der Waals surface area contributed by atoms with Crippen LogP contribution in [0.15, 0.2) is 51.2 Å². The molecule has 0 bridgehead atoms. The van der Waals surface area contributed by atoms with Crippen molar-refractivity contribution in [3.63, 3.8) is 0 Å². The third-order valence-electron chi connectivity index (χ3n) is 6.79. The Morgan fingerprint density at radius 1 is 1.11 bits per heavy atom. The Bertz CT molecular complexity index is 1340. The van der Waals surface area contributed by atoms with E-state index in [1.807, 2.05) is 73.8 Å². The van der Waals surface area contributed by atoms with Crippen molar-refractivity contribution in [3.8, 4) is 0 Å². The van der Waals surface area contributed by atoms with Crippen LogP contribution in [-0.4, -0.2) is 73.9 Å². The van der Waals surface area contributed by atoms with Gasteiger partial charge in [-0.25, -0.2) is 8.42 Å². The van der Waals surface area contributed by atoms with E-state index in [0.717, 1.165) is 22.5 Å². The van der Waals surface area contributed by atoms with E-state index in [4.69, 9.17) is 4.52 Å². The summed E-state index contributed by atoms with van der Waals surface area (Å²) < 4.78 is 34.1. The summed E-state index contributed by atoms with van der Waals surface area (Å²) in [6.07, 6.45) is 4.44. The van der Waals surface area contributed by atoms with Crippen molar-refractivity contribution in [2.24, 2.45) is 5.92 Å². The second-order valence-corrected chi connectivity index (χ2v) is 12.9. The van der Waals surface area contributed by atoms with Gasteiger partial charge in [0.2, 0.25) is 15.9 Å². The maximum atomic E-state index is 13.6. The van der Waals surface area contributed by atoms with E-state index in [1.165, 1.54) is 4.31 Å². The molecule has 3 heterocycles. The number of carbonyl (C=O) groups is 1. The molecule has 4 rings (SSSR count). The minimum Gasteiger partial charge on any atom is -0.355 e. The highest BCUT2D eigenvalue weighted by Crippen LogP contribution is 2.30. The minimum absolute atomic E-state index is 0.0935. The van der Waals surface area contributed by atoms with Crippen LogP contribution >= 0.6 is 11.3 Å². The molecule has 1 amide bonds. The average molecular weight is 557 g/mol. The fourth-order valence-electron chi connectivity index (χ4n) is 4.56. The highest BCUT2D eigenvalue weighted by Gasteiger charge is 2.37. The number of carbonyl (C=O) groups excluding carboxylic acids is 1. The Labute approximate surface area is 229 Å². The summed E-state index contributed by atoms with van der Waals surface area (Å²) in [6.45, 7) is 6.22. The number of rotatable bonds is 10. The normalized spacial score (nSPS) is 15.5. The first-order valence-corrected chi connectivity index (χ1v) is 15.1. The predicted molar refractivity (Wildman–Crippen MR) is 151 cm³/mol. The molecule has 0 atom stereocenters. The zero-order valence-corrected chi connectivity index (χ0v) is 24.1. The van der Waals surface area contributed by atoms with E-state index in [9.17, 15) is 13.2 Å². The minimum atomic E-state index is -3.83. The molecule has 0 aliphatic carbocycles. The summed E-state index contributed by atoms with van der Waals surface area (Å²) in [7, 11) is 0.161. The van der Waals surface area contributed by atoms with Crippen molar-refractivity contribution in [2.75, 3.05) is 40.3 Å². The first-order chi connectivity index (χ1) is 18.1. The van der Waals surface area contributed by atoms with Crippen LogP contribution < -0.4 is 0 Å². The second kappa shape index (κ2) is 12.4. The van der Waals surface area contributed by atoms with Crippen LogP contribution in [0.5, 0.6) is 0 Å². The van der Waals surface area contributed by atoms with Gasteiger partial charge in [0.25, 0.3) is 0 Å². The molecule has 1 aliphatic rings. The van der Waals surface area contributed by atoms with Crippen LogP contribution in [0.2, 0.25) is 0 Å². The smallest absolute Gasteiger partial charge is 0.248 e. The zero-order chi connectivity index (χ0) is 27.3. The Hall–Kier alpha value is -2.79. The molecule has 204 valence electrons. The lowest BCUT2D eigenvalue weighted by Gasteiger charge is -2.34. The van der Waals surface area contributed by atoms with Crippen molar-refractivity contribution in [2.45, 2.75) is 38.1 Å². The van der Waals surface area contributed by atoms with Crippen LogP contribution in [0.3, 0.4) is 0 Å². The van der Waals surface area contributed by atoms with Gasteiger partial charge in [0, 0.05) is 37.0 Å². The molecule has 0 unspecified atom stereocenters. The molecule has 0 radical (unpaired) electrons. The summed E-state index contributed by atoms with van der Waals surface area (Å²) in [5.74, 6) is 0.111. The van der Waals surface area contributed by atoms with Gasteiger partial charge in [-0.3, -0.25) is 4.79 Å². The first-order valence-electron chi connectivity index (χ1n) is 12.8. The molecule has 1 aliphatic heterocycles. The molecule has 1 saturated heterocycles. The van der Waals surface area contributed by atoms with Crippen molar-refractivity contribution in [1.29, 1.82) is 0 Å². The van der Waals surface area contributed by atoms with Crippen molar-refractivity contribution in [1.82, 2.24) is 19.3 Å². The van der Waals surface area contributed by atoms with Gasteiger partial charge in [0.15, 0.2) is 10.7 Å². The van der Waals surface area contributed by atoms with Crippen molar-refractivity contribution >= 4 is 39.4 Å². The summed E-state index contributed by atoms with van der Waals surface area (Å²) >= 11 is 1.64. The highest BCUT2D eigenvalue weighted by atomic mass is 32.2. The molecule has 2 aromatic heterocycles. The van der Waals surface area contributed by atoms with Crippen molar-refractivity contribution < 1.29 is 17.7 Å². The molecule has 8 nitrogen and oxygen atoms in total. The predicted octanol–water partition coefficient (Wildman–Crippen LogP) is 4.51. The quantitative estimate of drug-likeness (QED) is 0.365. The maximum absolute atomic E-state index is 13.6. The molecule has 0 N–H and O–H groups in total. The molecule has 0 saturated carbocycles. The van der Waals surface area contributed by atoms with Gasteiger partial charge in [-0.2, -0.15) is 4.31 Å². The summed E-state index contributed by atoms with van der Waals surface area (Å²) in [5, 5.41) is 5.96. The summed E-state index contributed by atoms with van der Waals surface area (Å²) in [6, 6.07) is 12.0. The molecule has 0 spiro atoms. The fraction of sp³-hybridized carbons (Fsp3) is 0.429. The standard InChI is InChI=1S/C28H36N4O4S2/c1-21-7-9-23(10-8-21)11-12-26-27(22(2)29-36-26)38(34,35)32-15-13-24(14-16-32)28(33)31(18-17-30(3)4)20-25-6-5-19-37-25/h5-12,19,24H,13-18,20H2,1-4H3. The number of thiophene rings is 1. The Kier molecular flexibility index (Phi) is 9.19. The number of sulfonamides is 1. The SMILES string of the molecule is Cc1ccc(C=Cc2onc(C)c2S(=O)(=O)N2CCC(C(=O)N(CCN(C)C)Cc3cccs3)CC2)cc1. The number of aryl methyl sites for hydroxylation is 2. The van der Waals surface area contributed by atoms with Gasteiger partial charge in [-0.1, -0.05) is 47.1 Å². The van der Waals surface area contributed by atoms with Crippen molar-refractivity contribution in [3.05, 3.63) is 69.2 Å². The topological polar surface area (TPSA) is 87.0 Å². The monoisotopic (exact) mass is 556 g/mol. The van der Waals surface area contributed by atoms with E-state index >= 15 is 0 Å². The second-order valence-electron chi connectivity index (χ2n) is 10.0. The fourth-order valence-corrected chi connectivity index (χ4v) is 7.00. The number of nitrogens with zero attached hydrogens (tertiary/aromatic N) is 4. The van der Waals surface area contributed by atoms with Gasteiger partial charge in [-0.05, 0) is 63.9 Å². The molecular weight excluding hydrogens is 520 g/mol. The van der Waals surface area contributed by atoms with Crippen LogP contribution in [0.1, 0.15) is 40.3 Å².